The van der Waals surface area contributed by atoms with Crippen LogP contribution in [-0.4, -0.2) is 37.0 Å². The molecule has 3 nitrogen and oxygen atoms in total. The molecule has 0 aromatic rings. The van der Waals surface area contributed by atoms with E-state index in [1.165, 1.54) is 12.8 Å². The molecule has 90 valence electrons. The van der Waals surface area contributed by atoms with Crippen molar-refractivity contribution in [1.82, 2.24) is 5.32 Å². The molecule has 0 radical (unpaired) electrons. The largest absolute Gasteiger partial charge is 0.392 e. The van der Waals surface area contributed by atoms with Gasteiger partial charge in [-0.3, -0.25) is 0 Å². The number of hydrogen-bond donors (Lipinski definition) is 2. The number of nitrogens with one attached hydrogen (secondary N) is 1. The Balaban J connectivity index is 1.94. The van der Waals surface area contributed by atoms with Gasteiger partial charge >= 0.3 is 0 Å². The molecule has 15 heavy (non-hydrogen) atoms. The Kier molecular flexibility index (Phi) is 6.98. The number of ether oxygens (including phenoxy) is 1. The van der Waals surface area contributed by atoms with Crippen LogP contribution in [0.2, 0.25) is 0 Å². The molecule has 0 aromatic heterocycles. The first kappa shape index (κ1) is 12.9. The van der Waals surface area contributed by atoms with Gasteiger partial charge < -0.3 is 15.2 Å². The third-order valence-electron chi connectivity index (χ3n) is 2.95. The Morgan fingerprint density at radius 1 is 1.27 bits per heavy atom. The molecule has 1 saturated carbocycles. The second-order valence-electron chi connectivity index (χ2n) is 4.38. The lowest BCUT2D eigenvalue weighted by molar-refractivity contribution is 0.0870. The topological polar surface area (TPSA) is 41.5 Å². The molecule has 0 unspecified atom stereocenters. The Morgan fingerprint density at radius 2 is 2.07 bits per heavy atom. The van der Waals surface area contributed by atoms with E-state index in [0.717, 1.165) is 45.4 Å². The van der Waals surface area contributed by atoms with E-state index in [0.29, 0.717) is 6.04 Å². The van der Waals surface area contributed by atoms with Crippen molar-refractivity contribution in [2.24, 2.45) is 0 Å². The summed E-state index contributed by atoms with van der Waals surface area (Å²) in [6.45, 7) is 4.79. The third-order valence-corrected chi connectivity index (χ3v) is 2.95. The van der Waals surface area contributed by atoms with Gasteiger partial charge in [-0.15, -0.1) is 0 Å². The molecule has 0 saturated heterocycles. The summed E-state index contributed by atoms with van der Waals surface area (Å²) in [6.07, 6.45) is 6.52. The predicted octanol–water partition coefficient (Wildman–Crippen LogP) is 1.70. The SMILES string of the molecule is CCCOCCCN[C@H]1CCCC[C@@H]1O. The highest BCUT2D eigenvalue weighted by Crippen LogP contribution is 2.18. The van der Waals surface area contributed by atoms with Crippen LogP contribution < -0.4 is 5.32 Å². The summed E-state index contributed by atoms with van der Waals surface area (Å²) in [7, 11) is 0. The zero-order valence-corrected chi connectivity index (χ0v) is 9.87. The maximum Gasteiger partial charge on any atom is 0.0693 e. The minimum absolute atomic E-state index is 0.129. The van der Waals surface area contributed by atoms with Gasteiger partial charge in [0.2, 0.25) is 0 Å². The summed E-state index contributed by atoms with van der Waals surface area (Å²) in [5.41, 5.74) is 0. The molecule has 0 bridgehead atoms. The van der Waals surface area contributed by atoms with Crippen LogP contribution in [0.3, 0.4) is 0 Å². The lowest BCUT2D eigenvalue weighted by atomic mass is 9.92. The first-order chi connectivity index (χ1) is 7.34. The molecule has 1 fully saturated rings. The van der Waals surface area contributed by atoms with Gasteiger partial charge in [0, 0.05) is 19.3 Å². The third kappa shape index (κ3) is 5.50. The van der Waals surface area contributed by atoms with Crippen molar-refractivity contribution < 1.29 is 9.84 Å². The summed E-state index contributed by atoms with van der Waals surface area (Å²) in [5.74, 6) is 0. The van der Waals surface area contributed by atoms with Gasteiger partial charge in [0.15, 0.2) is 0 Å². The minimum atomic E-state index is -0.129. The monoisotopic (exact) mass is 215 g/mol. The van der Waals surface area contributed by atoms with E-state index in [1.807, 2.05) is 0 Å². The molecule has 0 spiro atoms. The molecule has 1 rings (SSSR count). The molecule has 1 aliphatic rings. The number of aliphatic hydroxyl groups excluding tert-OH is 1. The van der Waals surface area contributed by atoms with E-state index in [2.05, 4.69) is 12.2 Å². The quantitative estimate of drug-likeness (QED) is 0.635. The Bertz CT molecular complexity index is 153. The first-order valence-electron chi connectivity index (χ1n) is 6.33. The smallest absolute Gasteiger partial charge is 0.0693 e. The molecule has 0 amide bonds. The van der Waals surface area contributed by atoms with Crippen LogP contribution in [0.15, 0.2) is 0 Å². The minimum Gasteiger partial charge on any atom is -0.392 e. The summed E-state index contributed by atoms with van der Waals surface area (Å²) >= 11 is 0. The van der Waals surface area contributed by atoms with Crippen LogP contribution in [0.25, 0.3) is 0 Å². The van der Waals surface area contributed by atoms with Gasteiger partial charge in [0.05, 0.1) is 6.10 Å². The summed E-state index contributed by atoms with van der Waals surface area (Å²) in [4.78, 5) is 0. The molecule has 0 aromatic carbocycles. The van der Waals surface area contributed by atoms with E-state index in [4.69, 9.17) is 4.74 Å². The summed E-state index contributed by atoms with van der Waals surface area (Å²) in [6, 6.07) is 0.324. The maximum absolute atomic E-state index is 9.72. The molecule has 3 heteroatoms. The summed E-state index contributed by atoms with van der Waals surface area (Å²) < 4.78 is 5.40. The van der Waals surface area contributed by atoms with Gasteiger partial charge in [-0.25, -0.2) is 0 Å². The number of rotatable bonds is 7. The number of aliphatic hydroxyl groups is 1. The zero-order valence-electron chi connectivity index (χ0n) is 9.87. The fraction of sp³-hybridized carbons (Fsp3) is 1.00. The fourth-order valence-corrected chi connectivity index (χ4v) is 2.06. The van der Waals surface area contributed by atoms with E-state index in [1.54, 1.807) is 0 Å². The van der Waals surface area contributed by atoms with Gasteiger partial charge in [-0.2, -0.15) is 0 Å². The first-order valence-corrected chi connectivity index (χ1v) is 6.33. The molecular formula is C12H25NO2. The average Bonchev–Trinajstić information content (AvgIpc) is 2.25. The van der Waals surface area contributed by atoms with E-state index in [9.17, 15) is 5.11 Å². The van der Waals surface area contributed by atoms with Crippen molar-refractivity contribution in [3.05, 3.63) is 0 Å². The molecule has 0 heterocycles. The molecule has 2 N–H and O–H groups in total. The van der Waals surface area contributed by atoms with Gasteiger partial charge in [-0.1, -0.05) is 19.8 Å². The lowest BCUT2D eigenvalue weighted by Gasteiger charge is -2.28. The van der Waals surface area contributed by atoms with Crippen molar-refractivity contribution >= 4 is 0 Å². The van der Waals surface area contributed by atoms with E-state index >= 15 is 0 Å². The average molecular weight is 215 g/mol. The highest BCUT2D eigenvalue weighted by Gasteiger charge is 2.21. The standard InChI is InChI=1S/C12H25NO2/c1-2-9-15-10-5-8-13-11-6-3-4-7-12(11)14/h11-14H,2-10H2,1H3/t11-,12-/m0/s1. The van der Waals surface area contributed by atoms with Crippen LogP contribution in [0.4, 0.5) is 0 Å². The second-order valence-corrected chi connectivity index (χ2v) is 4.38. The van der Waals surface area contributed by atoms with Crippen LogP contribution in [0.5, 0.6) is 0 Å². The van der Waals surface area contributed by atoms with Gasteiger partial charge in [0.25, 0.3) is 0 Å². The predicted molar refractivity (Wildman–Crippen MR) is 62.0 cm³/mol. The Hall–Kier alpha value is -0.120. The van der Waals surface area contributed by atoms with Gasteiger partial charge in [-0.05, 0) is 32.2 Å². The molecule has 2 atom stereocenters. The lowest BCUT2D eigenvalue weighted by Crippen LogP contribution is -2.42. The van der Waals surface area contributed by atoms with E-state index in [-0.39, 0.29) is 6.10 Å². The van der Waals surface area contributed by atoms with Crippen LogP contribution in [0, 0.1) is 0 Å². The molecule has 0 aliphatic heterocycles. The Labute approximate surface area is 93.2 Å². The maximum atomic E-state index is 9.72. The van der Waals surface area contributed by atoms with Crippen LogP contribution >= 0.6 is 0 Å². The molecular weight excluding hydrogens is 190 g/mol. The van der Waals surface area contributed by atoms with Crippen molar-refractivity contribution in [3.63, 3.8) is 0 Å². The number of hydrogen-bond acceptors (Lipinski definition) is 3. The van der Waals surface area contributed by atoms with Crippen molar-refractivity contribution in [1.29, 1.82) is 0 Å². The van der Waals surface area contributed by atoms with E-state index < -0.39 is 0 Å². The highest BCUT2D eigenvalue weighted by molar-refractivity contribution is 4.79. The normalized spacial score (nSPS) is 26.8. The second kappa shape index (κ2) is 8.08. The van der Waals surface area contributed by atoms with Crippen LogP contribution in [0.1, 0.15) is 45.4 Å². The van der Waals surface area contributed by atoms with Crippen molar-refractivity contribution in [3.8, 4) is 0 Å². The fourth-order valence-electron chi connectivity index (χ4n) is 2.06. The zero-order chi connectivity index (χ0) is 10.9. The van der Waals surface area contributed by atoms with Crippen molar-refractivity contribution in [2.45, 2.75) is 57.6 Å². The highest BCUT2D eigenvalue weighted by atomic mass is 16.5. The van der Waals surface area contributed by atoms with Gasteiger partial charge in [0.1, 0.15) is 0 Å². The summed E-state index contributed by atoms with van der Waals surface area (Å²) in [5, 5.41) is 13.1. The van der Waals surface area contributed by atoms with Crippen LogP contribution in [-0.2, 0) is 4.74 Å². The Morgan fingerprint density at radius 3 is 2.80 bits per heavy atom. The molecule has 1 aliphatic carbocycles. The van der Waals surface area contributed by atoms with Crippen molar-refractivity contribution in [2.75, 3.05) is 19.8 Å².